The van der Waals surface area contributed by atoms with Gasteiger partial charge in [-0.15, -0.1) is 0 Å². The van der Waals surface area contributed by atoms with E-state index in [1.165, 1.54) is 48.5 Å². The number of carbonyl (C=O) groups is 3. The van der Waals surface area contributed by atoms with Crippen LogP contribution in [0.25, 0.3) is 10.8 Å². The van der Waals surface area contributed by atoms with E-state index < -0.39 is 23.8 Å². The van der Waals surface area contributed by atoms with Crippen LogP contribution in [-0.2, 0) is 20.7 Å². The van der Waals surface area contributed by atoms with Gasteiger partial charge in [-0.1, -0.05) is 23.7 Å². The van der Waals surface area contributed by atoms with Crippen molar-refractivity contribution in [2.24, 2.45) is 5.73 Å². The highest BCUT2D eigenvalue weighted by atomic mass is 35.5. The summed E-state index contributed by atoms with van der Waals surface area (Å²) in [5.74, 6) is -1.60. The van der Waals surface area contributed by atoms with Gasteiger partial charge in [0.25, 0.3) is 0 Å². The minimum Gasteiger partial charge on any atom is -0.447 e. The Kier molecular flexibility index (Phi) is 10.3. The number of nitrogens with zero attached hydrogens (tertiary/aromatic N) is 2. The molecule has 0 aliphatic rings. The van der Waals surface area contributed by atoms with Crippen molar-refractivity contribution in [1.29, 1.82) is 0 Å². The summed E-state index contributed by atoms with van der Waals surface area (Å²) in [5, 5.41) is 6.25. The predicted octanol–water partition coefficient (Wildman–Crippen LogP) is 3.64. The van der Waals surface area contributed by atoms with Gasteiger partial charge < -0.3 is 20.7 Å². The van der Waals surface area contributed by atoms with Crippen molar-refractivity contribution in [1.82, 2.24) is 15.2 Å². The molecule has 9 nitrogen and oxygen atoms in total. The average Bonchev–Trinajstić information content (AvgIpc) is 2.89. The van der Waals surface area contributed by atoms with E-state index in [0.29, 0.717) is 16.3 Å². The Morgan fingerprint density at radius 3 is 2.71 bits per heavy atom. The van der Waals surface area contributed by atoms with Crippen LogP contribution in [0, 0.1) is 11.6 Å². The van der Waals surface area contributed by atoms with E-state index in [9.17, 15) is 23.2 Å². The van der Waals surface area contributed by atoms with Gasteiger partial charge >= 0.3 is 6.09 Å². The number of pyridine rings is 1. The first-order valence-corrected chi connectivity index (χ1v) is 12.2. The Morgan fingerprint density at radius 1 is 1.16 bits per heavy atom. The van der Waals surface area contributed by atoms with Crippen molar-refractivity contribution < 1.29 is 27.9 Å². The summed E-state index contributed by atoms with van der Waals surface area (Å²) in [7, 11) is 1.48. The monoisotopic (exact) mass is 547 g/mol. The lowest BCUT2D eigenvalue weighted by atomic mass is 10.1. The van der Waals surface area contributed by atoms with Crippen LogP contribution < -0.4 is 16.4 Å². The molecule has 0 saturated heterocycles. The van der Waals surface area contributed by atoms with Gasteiger partial charge in [-0.25, -0.2) is 18.6 Å². The van der Waals surface area contributed by atoms with Crippen LogP contribution in [0.5, 0.6) is 0 Å². The van der Waals surface area contributed by atoms with E-state index in [0.717, 1.165) is 0 Å². The second-order valence-electron chi connectivity index (χ2n) is 8.50. The van der Waals surface area contributed by atoms with Crippen molar-refractivity contribution in [3.63, 3.8) is 0 Å². The van der Waals surface area contributed by atoms with Gasteiger partial charge in [-0.2, -0.15) is 0 Å². The summed E-state index contributed by atoms with van der Waals surface area (Å²) in [4.78, 5) is 43.0. The first-order valence-electron chi connectivity index (χ1n) is 11.8. The number of benzene rings is 2. The van der Waals surface area contributed by atoms with Crippen molar-refractivity contribution in [3.8, 4) is 0 Å². The highest BCUT2D eigenvalue weighted by Gasteiger charge is 2.25. The Balaban J connectivity index is 1.63. The molecule has 2 aromatic carbocycles. The number of rotatable bonds is 11. The lowest BCUT2D eigenvalue weighted by Crippen LogP contribution is -2.44. The fourth-order valence-corrected chi connectivity index (χ4v) is 3.88. The fourth-order valence-electron chi connectivity index (χ4n) is 3.66. The van der Waals surface area contributed by atoms with E-state index in [1.807, 2.05) is 0 Å². The maximum absolute atomic E-state index is 13.7. The molecule has 0 bridgehead atoms. The van der Waals surface area contributed by atoms with Gasteiger partial charge in [0.05, 0.1) is 17.5 Å². The summed E-state index contributed by atoms with van der Waals surface area (Å²) < 4.78 is 32.5. The molecule has 202 valence electrons. The number of carbonyl (C=O) groups excluding carboxylic acids is 3. The smallest absolute Gasteiger partial charge is 0.412 e. The van der Waals surface area contributed by atoms with Gasteiger partial charge in [-0.3, -0.25) is 14.9 Å². The number of anilines is 1. The van der Waals surface area contributed by atoms with Crippen molar-refractivity contribution in [3.05, 3.63) is 70.9 Å². The maximum atomic E-state index is 13.7. The number of nitrogens with two attached hydrogens (primary N) is 1. The molecule has 0 radical (unpaired) electrons. The van der Waals surface area contributed by atoms with Gasteiger partial charge in [0.15, 0.2) is 0 Å². The number of nitrogens with one attached hydrogen (secondary N) is 2. The third kappa shape index (κ3) is 8.09. The van der Waals surface area contributed by atoms with Crippen molar-refractivity contribution in [2.75, 3.05) is 32.1 Å². The molecule has 12 heteroatoms. The molecule has 4 N–H and O–H groups in total. The lowest BCUT2D eigenvalue weighted by molar-refractivity contribution is -0.134. The number of amides is 3. The second kappa shape index (κ2) is 13.6. The number of ether oxygens (including phenoxy) is 1. The molecule has 38 heavy (non-hydrogen) atoms. The normalized spacial score (nSPS) is 11.6. The van der Waals surface area contributed by atoms with Crippen LogP contribution in [0.3, 0.4) is 0 Å². The number of hydrogen-bond acceptors (Lipinski definition) is 6. The van der Waals surface area contributed by atoms with Gasteiger partial charge in [0.1, 0.15) is 24.1 Å². The number of hydrogen-bond donors (Lipinski definition) is 3. The van der Waals surface area contributed by atoms with Gasteiger partial charge in [0, 0.05) is 38.1 Å². The number of likely N-dealkylation sites (N-methyl/N-ethyl adjacent to an activating group) is 1. The van der Waals surface area contributed by atoms with Crippen LogP contribution in [0.2, 0.25) is 5.02 Å². The Morgan fingerprint density at radius 2 is 1.95 bits per heavy atom. The molecule has 0 spiro atoms. The molecule has 3 rings (SSSR count). The first kappa shape index (κ1) is 28.7. The fraction of sp³-hybridized carbons (Fsp3) is 0.308. The standard InChI is InChI=1S/C26H28ClF2N5O4/c1-34(24(36)8-6-16-3-2-4-21(29)25(16)27)20(13-23(35)31-10-9-30)15-38-26(37)33-22-12-18-11-19(28)7-5-17(18)14-32-22/h2-5,7,11-12,14,20H,6,8-10,13,15,30H2,1H3,(H,31,35)(H,32,33,37)/t20-/m0/s1. The molecule has 3 aromatic rings. The zero-order chi connectivity index (χ0) is 27.7. The molecule has 1 heterocycles. The van der Waals surface area contributed by atoms with E-state index in [1.54, 1.807) is 12.1 Å². The molecular formula is C26H28ClF2N5O4. The third-order valence-electron chi connectivity index (χ3n) is 5.79. The van der Waals surface area contributed by atoms with Crippen LogP contribution >= 0.6 is 11.6 Å². The molecule has 0 saturated carbocycles. The SMILES string of the molecule is CN(C(=O)CCc1cccc(F)c1Cl)[C@H](COC(=O)Nc1cc2cc(F)ccc2cn1)CC(=O)NCCN. The molecule has 0 aliphatic heterocycles. The molecule has 1 atom stereocenters. The first-order chi connectivity index (χ1) is 18.2. The number of fused-ring (bicyclic) bond motifs is 1. The summed E-state index contributed by atoms with van der Waals surface area (Å²) in [5.41, 5.74) is 5.90. The molecule has 0 aliphatic carbocycles. The van der Waals surface area contributed by atoms with E-state index in [4.69, 9.17) is 22.1 Å². The van der Waals surface area contributed by atoms with Crippen LogP contribution in [0.15, 0.2) is 48.7 Å². The molecule has 0 unspecified atom stereocenters. The molecular weight excluding hydrogens is 520 g/mol. The van der Waals surface area contributed by atoms with Crippen molar-refractivity contribution in [2.45, 2.75) is 25.3 Å². The van der Waals surface area contributed by atoms with Crippen LogP contribution in [0.4, 0.5) is 19.4 Å². The zero-order valence-corrected chi connectivity index (χ0v) is 21.4. The number of aryl methyl sites for hydroxylation is 1. The average molecular weight is 548 g/mol. The summed E-state index contributed by atoms with van der Waals surface area (Å²) in [6.07, 6.45) is 0.634. The largest absolute Gasteiger partial charge is 0.447 e. The topological polar surface area (TPSA) is 127 Å². The number of halogens is 3. The zero-order valence-electron chi connectivity index (χ0n) is 20.7. The lowest BCUT2D eigenvalue weighted by Gasteiger charge is -2.28. The number of aromatic nitrogens is 1. The minimum atomic E-state index is -0.868. The van der Waals surface area contributed by atoms with Crippen molar-refractivity contribution >= 4 is 46.1 Å². The summed E-state index contributed by atoms with van der Waals surface area (Å²) in [6.45, 7) is 0.186. The molecule has 0 fully saturated rings. The summed E-state index contributed by atoms with van der Waals surface area (Å²) >= 11 is 5.98. The van der Waals surface area contributed by atoms with Crippen LogP contribution in [0.1, 0.15) is 18.4 Å². The molecule has 1 aromatic heterocycles. The van der Waals surface area contributed by atoms with Crippen LogP contribution in [-0.4, -0.2) is 60.6 Å². The predicted molar refractivity (Wildman–Crippen MR) is 140 cm³/mol. The Labute approximate surface area is 223 Å². The highest BCUT2D eigenvalue weighted by molar-refractivity contribution is 6.31. The van der Waals surface area contributed by atoms with E-state index in [2.05, 4.69) is 15.6 Å². The quantitative estimate of drug-likeness (QED) is 0.336. The second-order valence-corrected chi connectivity index (χ2v) is 8.88. The Hall–Kier alpha value is -3.83. The van der Waals surface area contributed by atoms with Gasteiger partial charge in [0.2, 0.25) is 11.8 Å². The minimum absolute atomic E-state index is 0.00957. The van der Waals surface area contributed by atoms with E-state index in [-0.39, 0.29) is 61.6 Å². The summed E-state index contributed by atoms with van der Waals surface area (Å²) in [6, 6.07) is 9.22. The highest BCUT2D eigenvalue weighted by Crippen LogP contribution is 2.22. The Bertz CT molecular complexity index is 1310. The molecule has 3 amide bonds. The van der Waals surface area contributed by atoms with Gasteiger partial charge in [-0.05, 0) is 47.7 Å². The third-order valence-corrected chi connectivity index (χ3v) is 6.21. The maximum Gasteiger partial charge on any atom is 0.412 e. The van der Waals surface area contributed by atoms with E-state index >= 15 is 0 Å².